The van der Waals surface area contributed by atoms with Crippen LogP contribution in [0.3, 0.4) is 0 Å². The highest BCUT2D eigenvalue weighted by Gasteiger charge is 2.30. The Morgan fingerprint density at radius 2 is 1.89 bits per heavy atom. The van der Waals surface area contributed by atoms with E-state index < -0.39 is 5.97 Å². The van der Waals surface area contributed by atoms with Crippen molar-refractivity contribution in [2.45, 2.75) is 31.7 Å². The van der Waals surface area contributed by atoms with Gasteiger partial charge in [-0.15, -0.1) is 0 Å². The zero-order valence-corrected chi connectivity index (χ0v) is 11.8. The highest BCUT2D eigenvalue weighted by atomic mass is 79.9. The number of carboxylic acids is 1. The van der Waals surface area contributed by atoms with Crippen molar-refractivity contribution in [2.75, 3.05) is 0 Å². The second kappa shape index (κ2) is 5.85. The maximum atomic E-state index is 10.9. The molecule has 3 N–H and O–H groups in total. The summed E-state index contributed by atoms with van der Waals surface area (Å²) >= 11 is 3.52. The highest BCUT2D eigenvalue weighted by Crippen LogP contribution is 2.37. The number of hydrogen-bond donors (Lipinski definition) is 2. The highest BCUT2D eigenvalue weighted by molar-refractivity contribution is 9.10. The lowest BCUT2D eigenvalue weighted by Crippen LogP contribution is -2.28. The van der Waals surface area contributed by atoms with Crippen LogP contribution in [0, 0.1) is 11.8 Å². The Kier molecular flexibility index (Phi) is 4.40. The minimum atomic E-state index is -0.664. The molecule has 1 atom stereocenters. The van der Waals surface area contributed by atoms with Crippen LogP contribution < -0.4 is 5.73 Å². The van der Waals surface area contributed by atoms with E-state index in [1.807, 2.05) is 24.3 Å². The van der Waals surface area contributed by atoms with Gasteiger partial charge >= 0.3 is 5.97 Å². The molecule has 0 aromatic heterocycles. The fraction of sp³-hybridized carbons (Fsp3) is 0.500. The first-order valence-electron chi connectivity index (χ1n) is 6.32. The first kappa shape index (κ1) is 13.6. The molecule has 3 nitrogen and oxygen atoms in total. The molecule has 0 spiro atoms. The van der Waals surface area contributed by atoms with Crippen LogP contribution in [0.25, 0.3) is 0 Å². The third-order valence-electron chi connectivity index (χ3n) is 3.89. The van der Waals surface area contributed by atoms with Crippen molar-refractivity contribution >= 4 is 21.9 Å². The summed E-state index contributed by atoms with van der Waals surface area (Å²) in [5.41, 5.74) is 7.44. The number of nitrogens with two attached hydrogens (primary N) is 1. The van der Waals surface area contributed by atoms with Gasteiger partial charge in [-0.1, -0.05) is 34.1 Å². The third kappa shape index (κ3) is 2.93. The molecule has 0 amide bonds. The molecule has 0 heterocycles. The smallest absolute Gasteiger partial charge is 0.306 e. The molecule has 1 aliphatic carbocycles. The van der Waals surface area contributed by atoms with Crippen molar-refractivity contribution < 1.29 is 9.90 Å². The van der Waals surface area contributed by atoms with Gasteiger partial charge in [0, 0.05) is 10.5 Å². The monoisotopic (exact) mass is 311 g/mol. The summed E-state index contributed by atoms with van der Waals surface area (Å²) in [5, 5.41) is 8.99. The Hall–Kier alpha value is -0.870. The van der Waals surface area contributed by atoms with Gasteiger partial charge in [0.2, 0.25) is 0 Å². The molecular formula is C14H18BrNO2. The van der Waals surface area contributed by atoms with Gasteiger partial charge in [-0.25, -0.2) is 0 Å². The number of aliphatic carboxylic acids is 1. The molecule has 0 radical (unpaired) electrons. The Bertz CT molecular complexity index is 428. The van der Waals surface area contributed by atoms with Gasteiger partial charge in [0.25, 0.3) is 0 Å². The number of benzene rings is 1. The second-order valence-corrected chi connectivity index (χ2v) is 5.85. The van der Waals surface area contributed by atoms with E-state index in [1.54, 1.807) is 0 Å². The summed E-state index contributed by atoms with van der Waals surface area (Å²) in [5.74, 6) is -0.449. The van der Waals surface area contributed by atoms with Crippen LogP contribution in [0.5, 0.6) is 0 Å². The summed E-state index contributed by atoms with van der Waals surface area (Å²) < 4.78 is 1.04. The van der Waals surface area contributed by atoms with Crippen molar-refractivity contribution in [3.63, 3.8) is 0 Å². The molecule has 0 saturated heterocycles. The molecule has 0 aliphatic heterocycles. The summed E-state index contributed by atoms with van der Waals surface area (Å²) in [6.07, 6.45) is 3.30. The maximum Gasteiger partial charge on any atom is 0.306 e. The summed E-state index contributed by atoms with van der Waals surface area (Å²) in [6, 6.07) is 8.00. The SMILES string of the molecule is NC(c1ccccc1Br)C1CCC(C(=O)O)CC1. The Labute approximate surface area is 116 Å². The number of hydrogen-bond acceptors (Lipinski definition) is 2. The van der Waals surface area contributed by atoms with Crippen molar-refractivity contribution in [3.05, 3.63) is 34.3 Å². The molecule has 98 valence electrons. The van der Waals surface area contributed by atoms with Crippen LogP contribution in [-0.4, -0.2) is 11.1 Å². The largest absolute Gasteiger partial charge is 0.481 e. The minimum Gasteiger partial charge on any atom is -0.481 e. The predicted molar refractivity (Wildman–Crippen MR) is 74.2 cm³/mol. The van der Waals surface area contributed by atoms with E-state index in [0.29, 0.717) is 5.92 Å². The van der Waals surface area contributed by atoms with Crippen LogP contribution >= 0.6 is 15.9 Å². The molecule has 0 bridgehead atoms. The van der Waals surface area contributed by atoms with Crippen molar-refractivity contribution in [1.29, 1.82) is 0 Å². The van der Waals surface area contributed by atoms with Crippen LogP contribution in [0.4, 0.5) is 0 Å². The lowest BCUT2D eigenvalue weighted by atomic mass is 9.77. The van der Waals surface area contributed by atoms with E-state index in [2.05, 4.69) is 15.9 Å². The van der Waals surface area contributed by atoms with E-state index in [0.717, 1.165) is 35.7 Å². The van der Waals surface area contributed by atoms with Gasteiger partial charge in [-0.05, 0) is 43.2 Å². The standard InChI is InChI=1S/C14H18BrNO2/c15-12-4-2-1-3-11(12)13(16)9-5-7-10(8-6-9)14(17)18/h1-4,9-10,13H,5-8,16H2,(H,17,18). The summed E-state index contributed by atoms with van der Waals surface area (Å²) in [6.45, 7) is 0. The van der Waals surface area contributed by atoms with E-state index >= 15 is 0 Å². The summed E-state index contributed by atoms with van der Waals surface area (Å²) in [4.78, 5) is 10.9. The number of carboxylic acid groups (broad SMARTS) is 1. The topological polar surface area (TPSA) is 63.3 Å². The fourth-order valence-electron chi connectivity index (χ4n) is 2.72. The molecular weight excluding hydrogens is 294 g/mol. The molecule has 1 aromatic carbocycles. The molecule has 18 heavy (non-hydrogen) atoms. The molecule has 1 unspecified atom stereocenters. The number of rotatable bonds is 3. The molecule has 1 fully saturated rings. The average Bonchev–Trinajstić information content (AvgIpc) is 2.38. The normalized spacial score (nSPS) is 25.7. The Balaban J connectivity index is 2.02. The third-order valence-corrected chi connectivity index (χ3v) is 4.62. The van der Waals surface area contributed by atoms with E-state index in [1.165, 1.54) is 0 Å². The Morgan fingerprint density at radius 1 is 1.28 bits per heavy atom. The predicted octanol–water partition coefficient (Wildman–Crippen LogP) is 3.34. The van der Waals surface area contributed by atoms with Gasteiger partial charge in [-0.3, -0.25) is 4.79 Å². The van der Waals surface area contributed by atoms with Crippen LogP contribution in [0.15, 0.2) is 28.7 Å². The lowest BCUT2D eigenvalue weighted by Gasteiger charge is -2.31. The summed E-state index contributed by atoms with van der Waals surface area (Å²) in [7, 11) is 0. The van der Waals surface area contributed by atoms with Crippen LogP contribution in [0.2, 0.25) is 0 Å². The first-order valence-corrected chi connectivity index (χ1v) is 7.11. The van der Waals surface area contributed by atoms with Crippen molar-refractivity contribution in [1.82, 2.24) is 0 Å². The Morgan fingerprint density at radius 3 is 2.44 bits per heavy atom. The molecule has 4 heteroatoms. The maximum absolute atomic E-state index is 10.9. The zero-order valence-electron chi connectivity index (χ0n) is 10.2. The molecule has 1 aromatic rings. The van der Waals surface area contributed by atoms with Crippen molar-refractivity contribution in [3.8, 4) is 0 Å². The number of carbonyl (C=O) groups is 1. The lowest BCUT2D eigenvalue weighted by molar-refractivity contribution is -0.143. The minimum absolute atomic E-state index is 0.00433. The zero-order chi connectivity index (χ0) is 13.1. The molecule has 1 saturated carbocycles. The van der Waals surface area contributed by atoms with E-state index in [-0.39, 0.29) is 12.0 Å². The van der Waals surface area contributed by atoms with E-state index in [9.17, 15) is 4.79 Å². The van der Waals surface area contributed by atoms with Gasteiger partial charge < -0.3 is 10.8 Å². The van der Waals surface area contributed by atoms with Crippen molar-refractivity contribution in [2.24, 2.45) is 17.6 Å². The quantitative estimate of drug-likeness (QED) is 0.900. The second-order valence-electron chi connectivity index (χ2n) is 5.00. The van der Waals surface area contributed by atoms with Crippen LogP contribution in [0.1, 0.15) is 37.3 Å². The van der Waals surface area contributed by atoms with Gasteiger partial charge in [0.05, 0.1) is 5.92 Å². The van der Waals surface area contributed by atoms with Gasteiger partial charge in [-0.2, -0.15) is 0 Å². The van der Waals surface area contributed by atoms with E-state index in [4.69, 9.17) is 10.8 Å². The molecule has 2 rings (SSSR count). The van der Waals surface area contributed by atoms with Gasteiger partial charge in [0.15, 0.2) is 0 Å². The van der Waals surface area contributed by atoms with Crippen LogP contribution in [-0.2, 0) is 4.79 Å². The number of halogens is 1. The first-order chi connectivity index (χ1) is 8.59. The average molecular weight is 312 g/mol. The fourth-order valence-corrected chi connectivity index (χ4v) is 3.27. The molecule has 1 aliphatic rings. The van der Waals surface area contributed by atoms with Gasteiger partial charge in [0.1, 0.15) is 0 Å².